The fourth-order valence-corrected chi connectivity index (χ4v) is 4.63. The number of allylic oxidation sites excluding steroid dienone is 4. The normalized spacial score (nSPS) is 20.7. The highest BCUT2D eigenvalue weighted by molar-refractivity contribution is 6.06. The summed E-state index contributed by atoms with van der Waals surface area (Å²) in [6.45, 7) is 1.81. The summed E-state index contributed by atoms with van der Waals surface area (Å²) >= 11 is 0. The van der Waals surface area contributed by atoms with Crippen LogP contribution in [0.15, 0.2) is 46.8 Å². The van der Waals surface area contributed by atoms with Gasteiger partial charge >= 0.3 is 5.97 Å². The van der Waals surface area contributed by atoms with E-state index in [-0.39, 0.29) is 24.0 Å². The number of ketones is 2. The van der Waals surface area contributed by atoms with E-state index in [2.05, 4.69) is 0 Å². The number of aliphatic carboxylic acids is 1. The van der Waals surface area contributed by atoms with Crippen molar-refractivity contribution in [3.05, 3.63) is 57.9 Å². The van der Waals surface area contributed by atoms with Crippen molar-refractivity contribution in [3.63, 3.8) is 0 Å². The Morgan fingerprint density at radius 1 is 0.963 bits per heavy atom. The number of rotatable bonds is 3. The second-order valence-corrected chi connectivity index (χ2v) is 7.60. The van der Waals surface area contributed by atoms with Gasteiger partial charge in [0.05, 0.1) is 0 Å². The van der Waals surface area contributed by atoms with Crippen molar-refractivity contribution in [3.8, 4) is 0 Å². The zero-order chi connectivity index (χ0) is 19.1. The van der Waals surface area contributed by atoms with E-state index >= 15 is 0 Å². The number of hydrogen-bond acceptors (Lipinski definition) is 4. The first-order chi connectivity index (χ1) is 13.0. The lowest BCUT2D eigenvalue weighted by Crippen LogP contribution is -2.41. The van der Waals surface area contributed by atoms with E-state index in [0.29, 0.717) is 36.8 Å². The number of carbonyl (C=O) groups excluding carboxylic acids is 2. The van der Waals surface area contributed by atoms with E-state index in [9.17, 15) is 19.5 Å². The van der Waals surface area contributed by atoms with Crippen LogP contribution in [0.2, 0.25) is 0 Å². The first-order valence-corrected chi connectivity index (χ1v) is 9.55. The van der Waals surface area contributed by atoms with Gasteiger partial charge in [-0.1, -0.05) is 29.8 Å². The van der Waals surface area contributed by atoms with Gasteiger partial charge in [0.1, 0.15) is 6.54 Å². The summed E-state index contributed by atoms with van der Waals surface area (Å²) in [4.78, 5) is 39.1. The Morgan fingerprint density at radius 2 is 1.48 bits per heavy atom. The molecule has 0 spiro atoms. The van der Waals surface area contributed by atoms with Crippen LogP contribution in [-0.2, 0) is 14.4 Å². The van der Waals surface area contributed by atoms with Crippen LogP contribution in [0.25, 0.3) is 0 Å². The Morgan fingerprint density at radius 3 is 1.96 bits per heavy atom. The molecule has 0 amide bonds. The molecular formula is C22H23NO4. The van der Waals surface area contributed by atoms with E-state index in [4.69, 9.17) is 0 Å². The lowest BCUT2D eigenvalue weighted by molar-refractivity contribution is -0.138. The SMILES string of the molecule is Cc1ccc(C2C3=C(CCCC3=O)N(CC(=O)O)C3=C2C(=O)CCC3)cc1. The second kappa shape index (κ2) is 6.80. The lowest BCUT2D eigenvalue weighted by Gasteiger charge is -2.43. The van der Waals surface area contributed by atoms with Crippen LogP contribution in [0.3, 0.4) is 0 Å². The molecule has 27 heavy (non-hydrogen) atoms. The number of hydrogen-bond donors (Lipinski definition) is 1. The highest BCUT2D eigenvalue weighted by Crippen LogP contribution is 2.48. The average molecular weight is 365 g/mol. The molecule has 2 aliphatic carbocycles. The van der Waals surface area contributed by atoms with Gasteiger partial charge in [0.15, 0.2) is 11.6 Å². The summed E-state index contributed by atoms with van der Waals surface area (Å²) in [5.41, 5.74) is 4.97. The standard InChI is InChI=1S/C22H23NO4/c1-13-8-10-14(11-9-13)20-21-15(4-2-6-17(21)24)23(12-19(26)27)16-5-3-7-18(25)22(16)20/h8-11,20H,2-7,12H2,1H3,(H,26,27). The van der Waals surface area contributed by atoms with E-state index < -0.39 is 5.97 Å². The van der Waals surface area contributed by atoms with E-state index in [1.165, 1.54) is 0 Å². The monoisotopic (exact) mass is 365 g/mol. The van der Waals surface area contributed by atoms with Crippen molar-refractivity contribution in [2.75, 3.05) is 6.54 Å². The molecule has 0 unspecified atom stereocenters. The van der Waals surface area contributed by atoms with Gasteiger partial charge in [-0.05, 0) is 38.2 Å². The molecule has 1 aliphatic heterocycles. The number of aryl methyl sites for hydroxylation is 1. The Balaban J connectivity index is 1.95. The fraction of sp³-hybridized carbons (Fsp3) is 0.409. The van der Waals surface area contributed by atoms with Crippen LogP contribution >= 0.6 is 0 Å². The maximum absolute atomic E-state index is 12.9. The number of Topliss-reactive ketones (excluding diaryl/α,β-unsaturated/α-hetero) is 2. The maximum Gasteiger partial charge on any atom is 0.323 e. The minimum Gasteiger partial charge on any atom is -0.480 e. The number of nitrogens with zero attached hydrogens (tertiary/aromatic N) is 1. The molecule has 0 bridgehead atoms. The maximum atomic E-state index is 12.9. The van der Waals surface area contributed by atoms with Gasteiger partial charge < -0.3 is 10.0 Å². The molecule has 0 saturated heterocycles. The smallest absolute Gasteiger partial charge is 0.323 e. The zero-order valence-electron chi connectivity index (χ0n) is 15.5. The van der Waals surface area contributed by atoms with Crippen LogP contribution in [0.5, 0.6) is 0 Å². The molecule has 0 radical (unpaired) electrons. The highest BCUT2D eigenvalue weighted by Gasteiger charge is 2.43. The van der Waals surface area contributed by atoms with Crippen LogP contribution in [0, 0.1) is 6.92 Å². The summed E-state index contributed by atoms with van der Waals surface area (Å²) in [7, 11) is 0. The molecule has 1 heterocycles. The number of benzene rings is 1. The molecule has 0 fully saturated rings. The second-order valence-electron chi connectivity index (χ2n) is 7.60. The molecule has 4 rings (SSSR count). The van der Waals surface area contributed by atoms with Gasteiger partial charge in [0, 0.05) is 41.3 Å². The first-order valence-electron chi connectivity index (χ1n) is 9.55. The molecule has 1 N–H and O–H groups in total. The third-order valence-electron chi connectivity index (χ3n) is 5.79. The predicted octanol–water partition coefficient (Wildman–Crippen LogP) is 3.49. The minimum absolute atomic E-state index is 0.0436. The van der Waals surface area contributed by atoms with Gasteiger partial charge in [-0.2, -0.15) is 0 Å². The first kappa shape index (κ1) is 17.7. The largest absolute Gasteiger partial charge is 0.480 e. The quantitative estimate of drug-likeness (QED) is 0.887. The minimum atomic E-state index is -0.946. The fourth-order valence-electron chi connectivity index (χ4n) is 4.63. The Labute approximate surface area is 158 Å². The van der Waals surface area contributed by atoms with Crippen LogP contribution in [0.1, 0.15) is 55.6 Å². The van der Waals surface area contributed by atoms with Gasteiger partial charge in [-0.25, -0.2) is 0 Å². The van der Waals surface area contributed by atoms with Crippen molar-refractivity contribution in [1.82, 2.24) is 4.90 Å². The van der Waals surface area contributed by atoms with Crippen molar-refractivity contribution >= 4 is 17.5 Å². The molecule has 0 saturated carbocycles. The number of carbonyl (C=O) groups is 3. The number of carboxylic acid groups (broad SMARTS) is 1. The molecule has 5 heteroatoms. The Bertz CT molecular complexity index is 847. The molecule has 0 atom stereocenters. The molecule has 1 aromatic carbocycles. The van der Waals surface area contributed by atoms with Crippen LogP contribution in [-0.4, -0.2) is 34.1 Å². The highest BCUT2D eigenvalue weighted by atomic mass is 16.4. The summed E-state index contributed by atoms with van der Waals surface area (Å²) in [6.07, 6.45) is 3.73. The number of carboxylic acids is 1. The van der Waals surface area contributed by atoms with E-state index in [1.54, 1.807) is 4.90 Å². The third kappa shape index (κ3) is 3.01. The summed E-state index contributed by atoms with van der Waals surface area (Å²) in [5.74, 6) is -1.22. The molecule has 140 valence electrons. The van der Waals surface area contributed by atoms with Crippen LogP contribution < -0.4 is 0 Å². The predicted molar refractivity (Wildman–Crippen MR) is 100 cm³/mol. The summed E-state index contributed by atoms with van der Waals surface area (Å²) in [5, 5.41) is 9.43. The molecular weight excluding hydrogens is 342 g/mol. The van der Waals surface area contributed by atoms with E-state index in [0.717, 1.165) is 35.4 Å². The van der Waals surface area contributed by atoms with Crippen molar-refractivity contribution < 1.29 is 19.5 Å². The summed E-state index contributed by atoms with van der Waals surface area (Å²) < 4.78 is 0. The molecule has 0 aromatic heterocycles. The molecule has 5 nitrogen and oxygen atoms in total. The third-order valence-corrected chi connectivity index (χ3v) is 5.79. The van der Waals surface area contributed by atoms with Gasteiger partial charge in [0.25, 0.3) is 0 Å². The Kier molecular flexibility index (Phi) is 4.46. The van der Waals surface area contributed by atoms with Gasteiger partial charge in [-0.15, -0.1) is 0 Å². The summed E-state index contributed by atoms with van der Waals surface area (Å²) in [6, 6.07) is 7.98. The van der Waals surface area contributed by atoms with Gasteiger partial charge in [0.2, 0.25) is 0 Å². The zero-order valence-corrected chi connectivity index (χ0v) is 15.5. The lowest BCUT2D eigenvalue weighted by atomic mass is 9.71. The molecule has 3 aliphatic rings. The average Bonchev–Trinajstić information content (AvgIpc) is 2.63. The molecule has 1 aromatic rings. The topological polar surface area (TPSA) is 74.7 Å². The van der Waals surface area contributed by atoms with Gasteiger partial charge in [-0.3, -0.25) is 14.4 Å². The Hall–Kier alpha value is -2.69. The van der Waals surface area contributed by atoms with Crippen LogP contribution in [0.4, 0.5) is 0 Å². The van der Waals surface area contributed by atoms with E-state index in [1.807, 2.05) is 31.2 Å². The van der Waals surface area contributed by atoms with Crippen molar-refractivity contribution in [1.29, 1.82) is 0 Å². The van der Waals surface area contributed by atoms with Crippen molar-refractivity contribution in [2.24, 2.45) is 0 Å². The van der Waals surface area contributed by atoms with Crippen molar-refractivity contribution in [2.45, 2.75) is 51.4 Å².